The van der Waals surface area contributed by atoms with Gasteiger partial charge in [0, 0.05) is 51.2 Å². The molecule has 1 aromatic carbocycles. The standard InChI is InChI=1S/C18H22N4O3/c1-13-4-5-14(12-15(13)25-3)17(23)22-10-8-21(9-11-22)16-18(24)20(2)7-6-19-16/h4-7,12H,8-11H2,1-3H3. The van der Waals surface area contributed by atoms with Crippen molar-refractivity contribution in [2.24, 2.45) is 7.05 Å². The maximum atomic E-state index is 12.7. The molecule has 25 heavy (non-hydrogen) atoms. The third-order valence-corrected chi connectivity index (χ3v) is 4.52. The van der Waals surface area contributed by atoms with Crippen molar-refractivity contribution in [3.8, 4) is 5.75 Å². The van der Waals surface area contributed by atoms with E-state index >= 15 is 0 Å². The molecule has 2 aromatic rings. The molecule has 0 aliphatic carbocycles. The van der Waals surface area contributed by atoms with Crippen molar-refractivity contribution in [2.75, 3.05) is 38.2 Å². The van der Waals surface area contributed by atoms with Crippen LogP contribution in [0, 0.1) is 6.92 Å². The van der Waals surface area contributed by atoms with Crippen LogP contribution in [0.5, 0.6) is 5.75 Å². The number of benzene rings is 1. The Hall–Kier alpha value is -2.83. The summed E-state index contributed by atoms with van der Waals surface area (Å²) in [6, 6.07) is 5.49. The van der Waals surface area contributed by atoms with Crippen molar-refractivity contribution >= 4 is 11.7 Å². The van der Waals surface area contributed by atoms with Crippen molar-refractivity contribution in [1.82, 2.24) is 14.5 Å². The fraction of sp³-hybridized carbons (Fsp3) is 0.389. The van der Waals surface area contributed by atoms with Crippen LogP contribution in [0.15, 0.2) is 35.4 Å². The van der Waals surface area contributed by atoms with E-state index < -0.39 is 0 Å². The number of nitrogens with zero attached hydrogens (tertiary/aromatic N) is 4. The molecule has 1 saturated heterocycles. The predicted octanol–water partition coefficient (Wildman–Crippen LogP) is 1.06. The minimum atomic E-state index is -0.120. The Morgan fingerprint density at radius 1 is 1.20 bits per heavy atom. The molecule has 1 aliphatic rings. The number of carbonyl (C=O) groups is 1. The first kappa shape index (κ1) is 17.0. The molecule has 0 atom stereocenters. The zero-order valence-electron chi connectivity index (χ0n) is 14.7. The minimum absolute atomic E-state index is 0.0214. The van der Waals surface area contributed by atoms with Gasteiger partial charge < -0.3 is 19.1 Å². The monoisotopic (exact) mass is 342 g/mol. The second-order valence-electron chi connectivity index (χ2n) is 6.13. The smallest absolute Gasteiger partial charge is 0.293 e. The molecular weight excluding hydrogens is 320 g/mol. The van der Waals surface area contributed by atoms with Gasteiger partial charge in [0.1, 0.15) is 5.75 Å². The summed E-state index contributed by atoms with van der Waals surface area (Å²) in [6.45, 7) is 4.21. The van der Waals surface area contributed by atoms with E-state index in [4.69, 9.17) is 4.74 Å². The van der Waals surface area contributed by atoms with Crippen LogP contribution >= 0.6 is 0 Å². The van der Waals surface area contributed by atoms with E-state index in [1.54, 1.807) is 37.5 Å². The SMILES string of the molecule is COc1cc(C(=O)N2CCN(c3nccn(C)c3=O)CC2)ccc1C. The quantitative estimate of drug-likeness (QED) is 0.834. The van der Waals surface area contributed by atoms with Gasteiger partial charge in [-0.15, -0.1) is 0 Å². The Balaban J connectivity index is 1.71. The van der Waals surface area contributed by atoms with E-state index in [-0.39, 0.29) is 11.5 Å². The molecule has 0 saturated carbocycles. The second kappa shape index (κ2) is 6.96. The lowest BCUT2D eigenvalue weighted by Crippen LogP contribution is -2.50. The van der Waals surface area contributed by atoms with Gasteiger partial charge in [-0.25, -0.2) is 4.98 Å². The first-order valence-electron chi connectivity index (χ1n) is 8.21. The van der Waals surface area contributed by atoms with Gasteiger partial charge in [0.15, 0.2) is 5.82 Å². The molecule has 0 N–H and O–H groups in total. The number of methoxy groups -OCH3 is 1. The number of aryl methyl sites for hydroxylation is 2. The van der Waals surface area contributed by atoms with Crippen LogP contribution in [0.3, 0.4) is 0 Å². The fourth-order valence-corrected chi connectivity index (χ4v) is 2.96. The number of aromatic nitrogens is 2. The Kier molecular flexibility index (Phi) is 4.74. The number of hydrogen-bond donors (Lipinski definition) is 0. The van der Waals surface area contributed by atoms with Crippen LogP contribution in [-0.4, -0.2) is 53.6 Å². The van der Waals surface area contributed by atoms with Gasteiger partial charge in [0.05, 0.1) is 7.11 Å². The number of piperazine rings is 1. The summed E-state index contributed by atoms with van der Waals surface area (Å²) < 4.78 is 6.81. The molecule has 0 bridgehead atoms. The van der Waals surface area contributed by atoms with Crippen LogP contribution < -0.4 is 15.2 Å². The van der Waals surface area contributed by atoms with Crippen LogP contribution in [-0.2, 0) is 7.05 Å². The Morgan fingerprint density at radius 2 is 1.92 bits per heavy atom. The Bertz CT molecular complexity index is 838. The molecule has 7 heteroatoms. The van der Waals surface area contributed by atoms with Crippen LogP contribution in [0.4, 0.5) is 5.82 Å². The predicted molar refractivity (Wildman–Crippen MR) is 95.3 cm³/mol. The Morgan fingerprint density at radius 3 is 2.60 bits per heavy atom. The normalized spacial score (nSPS) is 14.5. The van der Waals surface area contributed by atoms with Crippen LogP contribution in [0.1, 0.15) is 15.9 Å². The van der Waals surface area contributed by atoms with Gasteiger partial charge in [-0.2, -0.15) is 0 Å². The van der Waals surface area contributed by atoms with Gasteiger partial charge in [-0.3, -0.25) is 9.59 Å². The average Bonchev–Trinajstić information content (AvgIpc) is 2.64. The molecule has 7 nitrogen and oxygen atoms in total. The summed E-state index contributed by atoms with van der Waals surface area (Å²) in [7, 11) is 3.31. The molecular formula is C18H22N4O3. The number of rotatable bonds is 3. The molecule has 3 rings (SSSR count). The summed E-state index contributed by atoms with van der Waals surface area (Å²) in [4.78, 5) is 32.8. The highest BCUT2D eigenvalue weighted by Gasteiger charge is 2.24. The number of amides is 1. The summed E-state index contributed by atoms with van der Waals surface area (Å²) >= 11 is 0. The van der Waals surface area contributed by atoms with Crippen molar-refractivity contribution in [2.45, 2.75) is 6.92 Å². The van der Waals surface area contributed by atoms with Gasteiger partial charge in [0.2, 0.25) is 0 Å². The lowest BCUT2D eigenvalue weighted by molar-refractivity contribution is 0.0746. The van der Waals surface area contributed by atoms with Crippen molar-refractivity contribution < 1.29 is 9.53 Å². The lowest BCUT2D eigenvalue weighted by Gasteiger charge is -2.35. The van der Waals surface area contributed by atoms with E-state index in [1.165, 1.54) is 4.57 Å². The lowest BCUT2D eigenvalue weighted by atomic mass is 10.1. The zero-order chi connectivity index (χ0) is 18.0. The molecule has 0 unspecified atom stereocenters. The highest BCUT2D eigenvalue weighted by Crippen LogP contribution is 2.20. The third kappa shape index (κ3) is 3.35. The molecule has 132 valence electrons. The van der Waals surface area contributed by atoms with Gasteiger partial charge in [0.25, 0.3) is 11.5 Å². The topological polar surface area (TPSA) is 67.7 Å². The highest BCUT2D eigenvalue weighted by molar-refractivity contribution is 5.95. The number of hydrogen-bond acceptors (Lipinski definition) is 5. The average molecular weight is 342 g/mol. The van der Waals surface area contributed by atoms with E-state index in [1.807, 2.05) is 24.0 Å². The van der Waals surface area contributed by atoms with E-state index in [2.05, 4.69) is 4.98 Å². The van der Waals surface area contributed by atoms with Gasteiger partial charge >= 0.3 is 0 Å². The molecule has 2 heterocycles. The maximum absolute atomic E-state index is 12.7. The zero-order valence-corrected chi connectivity index (χ0v) is 14.7. The molecule has 1 aromatic heterocycles. The van der Waals surface area contributed by atoms with E-state index in [9.17, 15) is 9.59 Å². The largest absolute Gasteiger partial charge is 0.496 e. The molecule has 1 fully saturated rings. The summed E-state index contributed by atoms with van der Waals surface area (Å²) in [6.07, 6.45) is 3.25. The minimum Gasteiger partial charge on any atom is -0.496 e. The van der Waals surface area contributed by atoms with Gasteiger partial charge in [-0.1, -0.05) is 6.07 Å². The maximum Gasteiger partial charge on any atom is 0.293 e. The number of ether oxygens (including phenoxy) is 1. The first-order chi connectivity index (χ1) is 12.0. The van der Waals surface area contributed by atoms with Gasteiger partial charge in [-0.05, 0) is 24.6 Å². The number of anilines is 1. The van der Waals surface area contributed by atoms with E-state index in [0.29, 0.717) is 43.3 Å². The molecule has 0 radical (unpaired) electrons. The third-order valence-electron chi connectivity index (χ3n) is 4.52. The van der Waals surface area contributed by atoms with Crippen molar-refractivity contribution in [3.63, 3.8) is 0 Å². The molecule has 1 aliphatic heterocycles. The first-order valence-corrected chi connectivity index (χ1v) is 8.21. The second-order valence-corrected chi connectivity index (χ2v) is 6.13. The molecule has 0 spiro atoms. The highest BCUT2D eigenvalue weighted by atomic mass is 16.5. The number of carbonyl (C=O) groups excluding carboxylic acids is 1. The summed E-state index contributed by atoms with van der Waals surface area (Å²) in [5.41, 5.74) is 1.49. The van der Waals surface area contributed by atoms with Crippen LogP contribution in [0.25, 0.3) is 0 Å². The van der Waals surface area contributed by atoms with Crippen molar-refractivity contribution in [1.29, 1.82) is 0 Å². The van der Waals surface area contributed by atoms with Crippen molar-refractivity contribution in [3.05, 3.63) is 52.1 Å². The summed E-state index contributed by atoms with van der Waals surface area (Å²) in [5.74, 6) is 1.13. The van der Waals surface area contributed by atoms with Crippen LogP contribution in [0.2, 0.25) is 0 Å². The summed E-state index contributed by atoms with van der Waals surface area (Å²) in [5, 5.41) is 0. The molecule has 1 amide bonds. The van der Waals surface area contributed by atoms with E-state index in [0.717, 1.165) is 5.56 Å². The fourth-order valence-electron chi connectivity index (χ4n) is 2.96. The Labute approximate surface area is 146 Å².